The lowest BCUT2D eigenvalue weighted by Gasteiger charge is -2.73. The first-order chi connectivity index (χ1) is 14.8. The van der Waals surface area contributed by atoms with Gasteiger partial charge in [-0.05, 0) is 128 Å². The first kappa shape index (κ1) is 23.4. The molecule has 0 heterocycles. The number of hydrogen-bond donors (Lipinski definition) is 2. The van der Waals surface area contributed by atoms with Gasteiger partial charge < -0.3 is 10.2 Å². The molecule has 2 N–H and O–H groups in total. The molecule has 5 fully saturated rings. The summed E-state index contributed by atoms with van der Waals surface area (Å²) in [4.78, 5) is 0. The molecule has 0 bridgehead atoms. The largest absolute Gasteiger partial charge is 0.396 e. The molecule has 0 aromatic carbocycles. The summed E-state index contributed by atoms with van der Waals surface area (Å²) < 4.78 is 0. The molecule has 10 atom stereocenters. The summed E-state index contributed by atoms with van der Waals surface area (Å²) in [5.41, 5.74) is 2.64. The maximum absolute atomic E-state index is 11.0. The van der Waals surface area contributed by atoms with Crippen LogP contribution >= 0.6 is 0 Å². The molecule has 0 aromatic heterocycles. The maximum atomic E-state index is 11.0. The first-order valence-electron chi connectivity index (χ1n) is 13.8. The zero-order valence-corrected chi connectivity index (χ0v) is 21.8. The second kappa shape index (κ2) is 7.09. The summed E-state index contributed by atoms with van der Waals surface area (Å²) in [5.74, 6) is 3.34. The molecule has 0 radical (unpaired) electrons. The van der Waals surface area contributed by atoms with Gasteiger partial charge in [0.2, 0.25) is 0 Å². The van der Waals surface area contributed by atoms with E-state index in [-0.39, 0.29) is 22.3 Å². The SMILES string of the molecule is C=C(C)[C@@H]1CC[C@]2(CO)CC[C@]3(C)[C@H](CC[C@@H]4[C@@]5(C)C[C@H](O)CC(C)(C)[C@@H]5CC[C@]43C)[C@@H]12. The van der Waals surface area contributed by atoms with E-state index in [0.29, 0.717) is 41.1 Å². The zero-order valence-electron chi connectivity index (χ0n) is 21.8. The molecule has 5 rings (SSSR count). The topological polar surface area (TPSA) is 40.5 Å². The molecule has 5 saturated carbocycles. The minimum absolute atomic E-state index is 0.140. The highest BCUT2D eigenvalue weighted by molar-refractivity contribution is 5.21. The van der Waals surface area contributed by atoms with Crippen LogP contribution in [-0.4, -0.2) is 22.9 Å². The van der Waals surface area contributed by atoms with Gasteiger partial charge in [0.15, 0.2) is 0 Å². The lowest BCUT2D eigenvalue weighted by molar-refractivity contribution is -0.247. The van der Waals surface area contributed by atoms with E-state index in [2.05, 4.69) is 48.1 Å². The van der Waals surface area contributed by atoms with Crippen molar-refractivity contribution < 1.29 is 10.2 Å². The first-order valence-corrected chi connectivity index (χ1v) is 13.8. The molecule has 5 aliphatic rings. The maximum Gasteiger partial charge on any atom is 0.0550 e. The van der Waals surface area contributed by atoms with Gasteiger partial charge in [-0.15, -0.1) is 0 Å². The zero-order chi connectivity index (χ0) is 23.3. The fourth-order valence-electron chi connectivity index (χ4n) is 11.8. The molecule has 0 spiro atoms. The molecule has 2 nitrogen and oxygen atoms in total. The van der Waals surface area contributed by atoms with Crippen molar-refractivity contribution in [3.05, 3.63) is 12.2 Å². The summed E-state index contributed by atoms with van der Waals surface area (Å²) in [5, 5.41) is 21.6. The quantitative estimate of drug-likeness (QED) is 0.452. The smallest absolute Gasteiger partial charge is 0.0550 e. The highest BCUT2D eigenvalue weighted by atomic mass is 16.3. The number of fused-ring (bicyclic) bond motifs is 7. The second-order valence-corrected chi connectivity index (χ2v) is 14.8. The molecule has 5 aliphatic carbocycles. The van der Waals surface area contributed by atoms with Crippen LogP contribution in [-0.2, 0) is 0 Å². The van der Waals surface area contributed by atoms with Crippen molar-refractivity contribution in [1.82, 2.24) is 0 Å². The Balaban J connectivity index is 1.56. The third-order valence-electron chi connectivity index (χ3n) is 13.2. The van der Waals surface area contributed by atoms with Gasteiger partial charge in [-0.1, -0.05) is 46.8 Å². The van der Waals surface area contributed by atoms with Gasteiger partial charge in [-0.2, -0.15) is 0 Å². The molecule has 2 heteroatoms. The monoisotopic (exact) mass is 442 g/mol. The molecular formula is C30H50O2. The van der Waals surface area contributed by atoms with Gasteiger partial charge in [0.25, 0.3) is 0 Å². The standard InChI is InChI=1S/C30H50O2/c1-19(2)21-10-13-30(18-31)15-14-28(6)22(25(21)30)8-9-24-27(5)17-20(32)16-26(3,4)23(27)11-12-29(24,28)7/h20-25,31-32H,1,8-18H2,2-7H3/t20-,21+,22-,23+,24-,25-,27+,28-,29-,30-/m1/s1. The highest BCUT2D eigenvalue weighted by Gasteiger charge is 2.70. The number of hydrogen-bond acceptors (Lipinski definition) is 2. The van der Waals surface area contributed by atoms with Crippen LogP contribution in [0.1, 0.15) is 106 Å². The van der Waals surface area contributed by atoms with E-state index in [1.54, 1.807) is 0 Å². The Bertz CT molecular complexity index is 786. The van der Waals surface area contributed by atoms with Crippen LogP contribution in [0.2, 0.25) is 0 Å². The van der Waals surface area contributed by atoms with Crippen molar-refractivity contribution in [3.63, 3.8) is 0 Å². The number of allylic oxidation sites excluding steroid dienone is 1. The van der Waals surface area contributed by atoms with E-state index in [1.165, 1.54) is 56.9 Å². The average Bonchev–Trinajstić information content (AvgIpc) is 3.07. The van der Waals surface area contributed by atoms with Gasteiger partial charge in [0.1, 0.15) is 0 Å². The van der Waals surface area contributed by atoms with Crippen LogP contribution in [0.3, 0.4) is 0 Å². The molecule has 0 aliphatic heterocycles. The van der Waals surface area contributed by atoms with Crippen molar-refractivity contribution in [2.75, 3.05) is 6.61 Å². The fraction of sp³-hybridized carbons (Fsp3) is 0.933. The van der Waals surface area contributed by atoms with E-state index in [4.69, 9.17) is 0 Å². The van der Waals surface area contributed by atoms with Crippen molar-refractivity contribution >= 4 is 0 Å². The lowest BCUT2D eigenvalue weighted by atomic mass is 9.32. The second-order valence-electron chi connectivity index (χ2n) is 14.8. The van der Waals surface area contributed by atoms with Crippen LogP contribution in [0.25, 0.3) is 0 Å². The lowest BCUT2D eigenvalue weighted by Crippen LogP contribution is -2.66. The highest BCUT2D eigenvalue weighted by Crippen LogP contribution is 2.77. The van der Waals surface area contributed by atoms with E-state index in [1.807, 2.05) is 0 Å². The Hall–Kier alpha value is -0.340. The average molecular weight is 443 g/mol. The van der Waals surface area contributed by atoms with Crippen molar-refractivity contribution in [3.8, 4) is 0 Å². The molecule has 32 heavy (non-hydrogen) atoms. The van der Waals surface area contributed by atoms with Crippen LogP contribution < -0.4 is 0 Å². The Labute approximate surface area is 197 Å². The predicted octanol–water partition coefficient (Wildman–Crippen LogP) is 7.00. The van der Waals surface area contributed by atoms with Gasteiger partial charge >= 0.3 is 0 Å². The summed E-state index contributed by atoms with van der Waals surface area (Å²) in [7, 11) is 0. The van der Waals surface area contributed by atoms with Crippen LogP contribution in [0.5, 0.6) is 0 Å². The Morgan fingerprint density at radius 3 is 2.22 bits per heavy atom. The summed E-state index contributed by atoms with van der Waals surface area (Å²) in [6.45, 7) is 19.8. The van der Waals surface area contributed by atoms with Gasteiger partial charge in [-0.25, -0.2) is 0 Å². The minimum Gasteiger partial charge on any atom is -0.396 e. The van der Waals surface area contributed by atoms with Crippen LogP contribution in [0.15, 0.2) is 12.2 Å². The summed E-state index contributed by atoms with van der Waals surface area (Å²) in [6, 6.07) is 0. The Morgan fingerprint density at radius 2 is 1.56 bits per heavy atom. The summed E-state index contributed by atoms with van der Waals surface area (Å²) in [6.07, 6.45) is 12.0. The third kappa shape index (κ3) is 2.78. The molecule has 0 aromatic rings. The van der Waals surface area contributed by atoms with Gasteiger partial charge in [0, 0.05) is 6.61 Å². The van der Waals surface area contributed by atoms with Gasteiger partial charge in [0.05, 0.1) is 6.10 Å². The van der Waals surface area contributed by atoms with Crippen LogP contribution in [0, 0.1) is 56.7 Å². The van der Waals surface area contributed by atoms with E-state index in [0.717, 1.165) is 18.8 Å². The fourth-order valence-corrected chi connectivity index (χ4v) is 11.8. The number of rotatable bonds is 2. The molecule has 0 amide bonds. The van der Waals surface area contributed by atoms with Crippen molar-refractivity contribution in [2.24, 2.45) is 56.7 Å². The number of aliphatic hydroxyl groups is 2. The van der Waals surface area contributed by atoms with Crippen molar-refractivity contribution in [1.29, 1.82) is 0 Å². The molecular weight excluding hydrogens is 392 g/mol. The normalized spacial score (nSPS) is 56.5. The molecule has 182 valence electrons. The van der Waals surface area contributed by atoms with E-state index in [9.17, 15) is 10.2 Å². The Kier molecular flexibility index (Phi) is 5.19. The van der Waals surface area contributed by atoms with Gasteiger partial charge in [-0.3, -0.25) is 0 Å². The third-order valence-corrected chi connectivity index (χ3v) is 13.2. The minimum atomic E-state index is -0.143. The molecule has 0 saturated heterocycles. The van der Waals surface area contributed by atoms with Crippen LogP contribution in [0.4, 0.5) is 0 Å². The van der Waals surface area contributed by atoms with E-state index >= 15 is 0 Å². The Morgan fingerprint density at radius 1 is 0.844 bits per heavy atom. The predicted molar refractivity (Wildman–Crippen MR) is 132 cm³/mol. The van der Waals surface area contributed by atoms with E-state index < -0.39 is 0 Å². The van der Waals surface area contributed by atoms with Crippen molar-refractivity contribution in [2.45, 2.75) is 112 Å². The number of aliphatic hydroxyl groups excluding tert-OH is 2. The molecule has 0 unspecified atom stereocenters. The summed E-state index contributed by atoms with van der Waals surface area (Å²) >= 11 is 0.